The predicted molar refractivity (Wildman–Crippen MR) is 84.7 cm³/mol. The van der Waals surface area contributed by atoms with E-state index in [9.17, 15) is 14.4 Å². The number of nitrogens with one attached hydrogen (secondary N) is 1. The Morgan fingerprint density at radius 1 is 1.50 bits per heavy atom. The highest BCUT2D eigenvalue weighted by molar-refractivity contribution is 8.02. The molecule has 0 spiro atoms. The molecule has 7 nitrogen and oxygen atoms in total. The van der Waals surface area contributed by atoms with Gasteiger partial charge in [0.2, 0.25) is 11.8 Å². The van der Waals surface area contributed by atoms with E-state index < -0.39 is 5.97 Å². The molecule has 1 aromatic heterocycles. The van der Waals surface area contributed by atoms with Gasteiger partial charge in [-0.2, -0.15) is 0 Å². The van der Waals surface area contributed by atoms with Gasteiger partial charge in [0.1, 0.15) is 11.4 Å². The molecule has 0 unspecified atom stereocenters. The van der Waals surface area contributed by atoms with Crippen molar-refractivity contribution < 1.29 is 19.1 Å². The number of carbonyl (C=O) groups is 3. The average molecular weight is 341 g/mol. The fourth-order valence-corrected chi connectivity index (χ4v) is 3.21. The van der Waals surface area contributed by atoms with Crippen LogP contribution in [-0.4, -0.2) is 46.6 Å². The van der Waals surface area contributed by atoms with Gasteiger partial charge in [0.15, 0.2) is 5.13 Å². The molecule has 0 saturated heterocycles. The van der Waals surface area contributed by atoms with E-state index in [4.69, 9.17) is 4.74 Å². The molecule has 1 aromatic rings. The molecule has 0 bridgehead atoms. The maximum Gasteiger partial charge on any atom is 0.350 e. The van der Waals surface area contributed by atoms with E-state index in [0.717, 1.165) is 11.3 Å². The third kappa shape index (κ3) is 4.08. The first-order valence-electron chi connectivity index (χ1n) is 6.53. The van der Waals surface area contributed by atoms with E-state index in [0.29, 0.717) is 21.5 Å². The van der Waals surface area contributed by atoms with Crippen molar-refractivity contribution in [3.8, 4) is 0 Å². The Morgan fingerprint density at radius 3 is 2.95 bits per heavy atom. The topological polar surface area (TPSA) is 88.6 Å². The number of aromatic nitrogens is 1. The summed E-state index contributed by atoms with van der Waals surface area (Å²) in [6.45, 7) is 3.59. The number of rotatable bonds is 5. The van der Waals surface area contributed by atoms with Crippen LogP contribution >= 0.6 is 23.1 Å². The Kier molecular flexibility index (Phi) is 5.56. The zero-order valence-corrected chi connectivity index (χ0v) is 13.8. The van der Waals surface area contributed by atoms with Crippen LogP contribution in [0.15, 0.2) is 11.6 Å². The van der Waals surface area contributed by atoms with E-state index >= 15 is 0 Å². The molecule has 0 radical (unpaired) electrons. The number of anilines is 1. The third-order valence-corrected chi connectivity index (χ3v) is 4.46. The zero-order chi connectivity index (χ0) is 16.1. The summed E-state index contributed by atoms with van der Waals surface area (Å²) >= 11 is 2.44. The first kappa shape index (κ1) is 16.5. The molecule has 118 valence electrons. The molecule has 0 aliphatic carbocycles. The van der Waals surface area contributed by atoms with Gasteiger partial charge in [-0.3, -0.25) is 9.59 Å². The van der Waals surface area contributed by atoms with Gasteiger partial charge in [-0.1, -0.05) is 11.3 Å². The van der Waals surface area contributed by atoms with Crippen LogP contribution in [0.2, 0.25) is 0 Å². The maximum absolute atomic E-state index is 11.9. The van der Waals surface area contributed by atoms with E-state index in [1.807, 2.05) is 0 Å². The van der Waals surface area contributed by atoms with Gasteiger partial charge in [-0.15, -0.1) is 11.8 Å². The first-order chi connectivity index (χ1) is 10.5. The van der Waals surface area contributed by atoms with Crippen LogP contribution in [0.4, 0.5) is 5.13 Å². The fourth-order valence-electron chi connectivity index (χ4n) is 1.69. The number of thiazole rings is 1. The lowest BCUT2D eigenvalue weighted by molar-refractivity contribution is -0.129. The van der Waals surface area contributed by atoms with Crippen LogP contribution in [0.3, 0.4) is 0 Å². The molecular weight excluding hydrogens is 326 g/mol. The highest BCUT2D eigenvalue weighted by Gasteiger charge is 2.20. The van der Waals surface area contributed by atoms with Crippen LogP contribution in [0.25, 0.3) is 0 Å². The third-order valence-electron chi connectivity index (χ3n) is 2.68. The van der Waals surface area contributed by atoms with Crippen LogP contribution in [-0.2, 0) is 14.3 Å². The minimum absolute atomic E-state index is 0.0801. The lowest BCUT2D eigenvalue weighted by atomic mass is 10.4. The number of esters is 1. The van der Waals surface area contributed by atoms with Crippen LogP contribution in [0, 0.1) is 6.92 Å². The molecule has 0 saturated carbocycles. The van der Waals surface area contributed by atoms with Crippen molar-refractivity contribution in [1.29, 1.82) is 0 Å². The normalized spacial score (nSPS) is 14.1. The standard InChI is InChI=1S/C13H15N3O4S2/c1-3-20-12(19)11-8(2)14-13(22-11)15-9(17)6-16-4-5-21-7-10(16)18/h4-5H,3,6-7H2,1-2H3,(H,14,15,17). The minimum atomic E-state index is -0.454. The van der Waals surface area contributed by atoms with Crippen molar-refractivity contribution in [2.24, 2.45) is 0 Å². The highest BCUT2D eigenvalue weighted by Crippen LogP contribution is 2.23. The second-order valence-electron chi connectivity index (χ2n) is 4.32. The van der Waals surface area contributed by atoms with E-state index in [1.54, 1.807) is 25.5 Å². The molecule has 0 fully saturated rings. The number of carbonyl (C=O) groups excluding carboxylic acids is 3. The van der Waals surface area contributed by atoms with Crippen LogP contribution in [0.5, 0.6) is 0 Å². The summed E-state index contributed by atoms with van der Waals surface area (Å²) in [5.74, 6) is -0.615. The van der Waals surface area contributed by atoms with Gasteiger partial charge in [-0.25, -0.2) is 9.78 Å². The Balaban J connectivity index is 1.98. The summed E-state index contributed by atoms with van der Waals surface area (Å²) in [7, 11) is 0. The number of amides is 2. The second kappa shape index (κ2) is 7.41. The van der Waals surface area contributed by atoms with Gasteiger partial charge in [0, 0.05) is 6.20 Å². The number of ether oxygens (including phenoxy) is 1. The lowest BCUT2D eigenvalue weighted by Gasteiger charge is -2.19. The molecule has 1 aliphatic heterocycles. The van der Waals surface area contributed by atoms with Gasteiger partial charge < -0.3 is 15.0 Å². The summed E-state index contributed by atoms with van der Waals surface area (Å²) in [5.41, 5.74) is 0.504. The fraction of sp³-hybridized carbons (Fsp3) is 0.385. The second-order valence-corrected chi connectivity index (χ2v) is 6.21. The van der Waals surface area contributed by atoms with Gasteiger partial charge in [0.05, 0.1) is 18.1 Å². The average Bonchev–Trinajstić information content (AvgIpc) is 2.82. The largest absolute Gasteiger partial charge is 0.462 e. The summed E-state index contributed by atoms with van der Waals surface area (Å²) in [5, 5.41) is 4.67. The molecular formula is C13H15N3O4S2. The van der Waals surface area contributed by atoms with Crippen molar-refractivity contribution in [3.05, 3.63) is 22.2 Å². The Bertz CT molecular complexity index is 627. The Morgan fingerprint density at radius 2 is 2.27 bits per heavy atom. The zero-order valence-electron chi connectivity index (χ0n) is 12.1. The Hall–Kier alpha value is -1.87. The lowest BCUT2D eigenvalue weighted by Crippen LogP contribution is -2.36. The quantitative estimate of drug-likeness (QED) is 0.819. The van der Waals surface area contributed by atoms with E-state index in [2.05, 4.69) is 10.3 Å². The number of hydrogen-bond donors (Lipinski definition) is 1. The Labute approximate surface area is 135 Å². The minimum Gasteiger partial charge on any atom is -0.462 e. The summed E-state index contributed by atoms with van der Waals surface area (Å²) in [6.07, 6.45) is 1.58. The molecule has 1 N–H and O–H groups in total. The predicted octanol–water partition coefficient (Wildman–Crippen LogP) is 1.61. The van der Waals surface area contributed by atoms with Crippen molar-refractivity contribution in [2.75, 3.05) is 24.2 Å². The highest BCUT2D eigenvalue weighted by atomic mass is 32.2. The molecule has 2 rings (SSSR count). The first-order valence-corrected chi connectivity index (χ1v) is 8.40. The summed E-state index contributed by atoms with van der Waals surface area (Å²) in [6, 6.07) is 0. The molecule has 0 atom stereocenters. The molecule has 2 amide bonds. The van der Waals surface area contributed by atoms with Crippen molar-refractivity contribution >= 4 is 46.0 Å². The number of aryl methyl sites for hydroxylation is 1. The number of hydrogen-bond acceptors (Lipinski definition) is 7. The van der Waals surface area contributed by atoms with Gasteiger partial charge in [-0.05, 0) is 19.3 Å². The molecule has 22 heavy (non-hydrogen) atoms. The van der Waals surface area contributed by atoms with Crippen LogP contribution < -0.4 is 5.32 Å². The molecule has 2 heterocycles. The summed E-state index contributed by atoms with van der Waals surface area (Å²) < 4.78 is 4.92. The SMILES string of the molecule is CCOC(=O)c1sc(NC(=O)CN2C=CSCC2=O)nc1C. The van der Waals surface area contributed by atoms with Crippen molar-refractivity contribution in [3.63, 3.8) is 0 Å². The van der Waals surface area contributed by atoms with Gasteiger partial charge >= 0.3 is 5.97 Å². The molecule has 0 aromatic carbocycles. The maximum atomic E-state index is 11.9. The van der Waals surface area contributed by atoms with Gasteiger partial charge in [0.25, 0.3) is 0 Å². The van der Waals surface area contributed by atoms with E-state index in [-0.39, 0.29) is 25.0 Å². The number of thioether (sulfide) groups is 1. The molecule has 1 aliphatic rings. The van der Waals surface area contributed by atoms with Crippen molar-refractivity contribution in [2.45, 2.75) is 13.8 Å². The monoisotopic (exact) mass is 341 g/mol. The van der Waals surface area contributed by atoms with E-state index in [1.165, 1.54) is 16.7 Å². The van der Waals surface area contributed by atoms with Crippen molar-refractivity contribution in [1.82, 2.24) is 9.88 Å². The summed E-state index contributed by atoms with van der Waals surface area (Å²) in [4.78, 5) is 41.1. The smallest absolute Gasteiger partial charge is 0.350 e. The number of nitrogens with zero attached hydrogens (tertiary/aromatic N) is 2. The van der Waals surface area contributed by atoms with Crippen LogP contribution in [0.1, 0.15) is 22.3 Å². The molecule has 9 heteroatoms.